The van der Waals surface area contributed by atoms with Crippen LogP contribution in [-0.4, -0.2) is 413 Å². The van der Waals surface area contributed by atoms with Gasteiger partial charge in [0.1, 0.15) is 196 Å². The molecule has 38 atom stereocenters. The lowest BCUT2D eigenvalue weighted by Crippen LogP contribution is -2.69. The molecule has 0 aromatic rings. The molecule has 7 rings (SSSR count). The van der Waals surface area contributed by atoms with Gasteiger partial charge >= 0.3 is 13.8 Å². The Morgan fingerprint density at radius 3 is 1.01 bits per heavy atom. The Kier molecular flexibility index (Phi) is 37.9. The fourth-order valence-corrected chi connectivity index (χ4v) is 14.0. The molecule has 1 aliphatic carbocycles. The molecule has 0 aromatic heterocycles. The highest BCUT2D eigenvalue weighted by atomic mass is 31.2. The van der Waals surface area contributed by atoms with E-state index < -0.39 is 294 Å². The number of hydrogen-bond acceptors (Lipinski definition) is 41. The standard InChI is InChI=1S/C64H113O42P/c1-2-3-4-5-6-7-8-9-10-11-12-13-14-15-16-17-18-34(68)92-21-27(67)22-97-107(90,91)106-58-56(104-63-54(88)42(76)36(70)29(20-66)99-63)48(82)47(81)49(83)57(58)105-64-55(89)46(80)40(74)33(103-64)26-96-62-53(87)45(79)39(73)32(102-62)25-95-61-52(86)44(78)38(72)31(101-61)24-94-60-51(85)43(77)37(71)30(100-60)23-93-59-50(84)41(75)35(69)28(19-65)98-59/h10-11,27-33,35-67,69-89H,2-9,12-26H2,1H3,(H,90,91)/b11-10-/t27-,28?,29?,30?,31?,32?,33?,35+,36-,37+,38+,39+,40+,41?,42?,43?,44?,45?,46?,47+,48?,49?,50+,51+,52+,53+,54-,55+,56-,57?,58+,59-,60-,61-,62-,63-,64+/m1/s1. The monoisotopic (exact) mass is 1580 g/mol. The van der Waals surface area contributed by atoms with Crippen LogP contribution in [0.25, 0.3) is 0 Å². The molecule has 0 bridgehead atoms. The molecule has 6 heterocycles. The van der Waals surface area contributed by atoms with Crippen molar-refractivity contribution in [2.75, 3.05) is 52.9 Å². The highest BCUT2D eigenvalue weighted by Gasteiger charge is 2.59. The molecule has 7 aliphatic rings. The molecule has 0 spiro atoms. The zero-order chi connectivity index (χ0) is 78.7. The second-order valence-corrected chi connectivity index (χ2v) is 29.2. The molecule has 6 aliphatic heterocycles. The van der Waals surface area contributed by atoms with Crippen molar-refractivity contribution in [1.29, 1.82) is 0 Å². The van der Waals surface area contributed by atoms with E-state index in [4.69, 9.17) is 70.6 Å². The Labute approximate surface area is 614 Å². The number of ether oxygens (including phenoxy) is 13. The van der Waals surface area contributed by atoms with Crippen molar-refractivity contribution in [2.24, 2.45) is 0 Å². The molecule has 16 unspecified atom stereocenters. The molecule has 25 N–H and O–H groups in total. The van der Waals surface area contributed by atoms with Crippen molar-refractivity contribution in [3.05, 3.63) is 12.2 Å². The van der Waals surface area contributed by atoms with Crippen LogP contribution in [0.3, 0.4) is 0 Å². The molecule has 43 heteroatoms. The smallest absolute Gasteiger partial charge is 0.463 e. The number of carbonyl (C=O) groups excluding carboxylic acids is 1. The number of rotatable bonds is 41. The van der Waals surface area contributed by atoms with Crippen molar-refractivity contribution < 1.29 is 207 Å². The fourth-order valence-electron chi connectivity index (χ4n) is 13.0. The lowest BCUT2D eigenvalue weighted by atomic mass is 9.84. The summed E-state index contributed by atoms with van der Waals surface area (Å²) in [5.74, 6) is -0.711. The average Bonchev–Trinajstić information content (AvgIpc) is 0.761. The molecular formula is C64H113O42P. The van der Waals surface area contributed by atoms with Crippen LogP contribution in [0.5, 0.6) is 0 Å². The third-order valence-corrected chi connectivity index (χ3v) is 20.7. The highest BCUT2D eigenvalue weighted by Crippen LogP contribution is 2.49. The molecule has 626 valence electrons. The van der Waals surface area contributed by atoms with Crippen molar-refractivity contribution >= 4 is 13.8 Å². The maximum atomic E-state index is 13.9. The Hall–Kier alpha value is -2.12. The van der Waals surface area contributed by atoms with Gasteiger partial charge in [0.2, 0.25) is 0 Å². The number of unbranched alkanes of at least 4 members (excludes halogenated alkanes) is 12. The zero-order valence-electron chi connectivity index (χ0n) is 58.8. The summed E-state index contributed by atoms with van der Waals surface area (Å²) in [5, 5.41) is 258. The second-order valence-electron chi connectivity index (χ2n) is 27.8. The van der Waals surface area contributed by atoms with Crippen LogP contribution in [0.1, 0.15) is 103 Å². The Balaban J connectivity index is 0.943. The molecule has 0 radical (unpaired) electrons. The predicted molar refractivity (Wildman–Crippen MR) is 348 cm³/mol. The number of phosphoric acid groups is 1. The summed E-state index contributed by atoms with van der Waals surface area (Å²) >= 11 is 0. The van der Waals surface area contributed by atoms with Gasteiger partial charge in [-0.1, -0.05) is 76.9 Å². The van der Waals surface area contributed by atoms with E-state index in [2.05, 4.69) is 19.1 Å². The lowest BCUT2D eigenvalue weighted by Gasteiger charge is -2.49. The summed E-state index contributed by atoms with van der Waals surface area (Å²) < 4.78 is 96.3. The summed E-state index contributed by atoms with van der Waals surface area (Å²) in [4.78, 5) is 23.7. The van der Waals surface area contributed by atoms with Gasteiger partial charge < -0.3 is 189 Å². The molecule has 7 fully saturated rings. The molecule has 0 aromatic carbocycles. The van der Waals surface area contributed by atoms with Gasteiger partial charge in [-0.05, 0) is 32.1 Å². The van der Waals surface area contributed by atoms with E-state index in [9.17, 15) is 137 Å². The van der Waals surface area contributed by atoms with Crippen LogP contribution in [-0.2, 0) is 80.0 Å². The van der Waals surface area contributed by atoms with Gasteiger partial charge in [-0.25, -0.2) is 4.57 Å². The number of allylic oxidation sites excluding steroid dienone is 2. The summed E-state index contributed by atoms with van der Waals surface area (Å²) in [6.45, 7) is -5.15. The van der Waals surface area contributed by atoms with E-state index in [0.717, 1.165) is 32.1 Å². The van der Waals surface area contributed by atoms with E-state index in [-0.39, 0.29) is 6.42 Å². The van der Waals surface area contributed by atoms with E-state index >= 15 is 0 Å². The first-order valence-corrected chi connectivity index (χ1v) is 37.6. The zero-order valence-corrected chi connectivity index (χ0v) is 59.7. The number of aliphatic hydroxyl groups excluding tert-OH is 24. The Morgan fingerprint density at radius 1 is 0.364 bits per heavy atom. The summed E-state index contributed by atoms with van der Waals surface area (Å²) in [7, 11) is -5.76. The summed E-state index contributed by atoms with van der Waals surface area (Å²) in [6.07, 6.45) is -57.7. The van der Waals surface area contributed by atoms with Crippen LogP contribution in [0.2, 0.25) is 0 Å². The maximum absolute atomic E-state index is 13.9. The third kappa shape index (κ3) is 25.0. The Morgan fingerprint density at radius 2 is 0.654 bits per heavy atom. The number of aliphatic hydroxyl groups is 24. The van der Waals surface area contributed by atoms with Gasteiger partial charge in [0.15, 0.2) is 37.7 Å². The van der Waals surface area contributed by atoms with Crippen LogP contribution in [0.15, 0.2) is 12.2 Å². The first kappa shape index (κ1) is 92.1. The lowest BCUT2D eigenvalue weighted by molar-refractivity contribution is -0.365. The minimum Gasteiger partial charge on any atom is -0.463 e. The Bertz CT molecular complexity index is 2610. The highest BCUT2D eigenvalue weighted by molar-refractivity contribution is 7.47. The molecule has 42 nitrogen and oxygen atoms in total. The average molecular weight is 1590 g/mol. The normalized spacial score (nSPS) is 43.9. The van der Waals surface area contributed by atoms with Crippen LogP contribution in [0, 0.1) is 0 Å². The van der Waals surface area contributed by atoms with Crippen LogP contribution in [0.4, 0.5) is 0 Å². The molecule has 6 saturated heterocycles. The van der Waals surface area contributed by atoms with E-state index in [1.807, 2.05) is 0 Å². The van der Waals surface area contributed by atoms with Crippen LogP contribution >= 0.6 is 7.82 Å². The number of hydrogen-bond donors (Lipinski definition) is 25. The summed E-state index contributed by atoms with van der Waals surface area (Å²) in [6, 6.07) is 0. The first-order chi connectivity index (χ1) is 50.8. The van der Waals surface area contributed by atoms with Gasteiger partial charge in [0.05, 0.1) is 46.2 Å². The van der Waals surface area contributed by atoms with Gasteiger partial charge in [-0.3, -0.25) is 13.8 Å². The van der Waals surface area contributed by atoms with Crippen molar-refractivity contribution in [2.45, 2.75) is 330 Å². The molecular weight excluding hydrogens is 1470 g/mol. The minimum absolute atomic E-state index is 0.0198. The predicted octanol–water partition coefficient (Wildman–Crippen LogP) is -10.4. The van der Waals surface area contributed by atoms with Gasteiger partial charge in [-0.15, -0.1) is 0 Å². The van der Waals surface area contributed by atoms with E-state index in [1.54, 1.807) is 0 Å². The van der Waals surface area contributed by atoms with E-state index in [1.165, 1.54) is 44.9 Å². The van der Waals surface area contributed by atoms with Crippen molar-refractivity contribution in [3.8, 4) is 0 Å². The van der Waals surface area contributed by atoms with Gasteiger partial charge in [0, 0.05) is 6.42 Å². The maximum Gasteiger partial charge on any atom is 0.472 e. The molecule has 1 saturated carbocycles. The number of phosphoric ester groups is 1. The van der Waals surface area contributed by atoms with Crippen molar-refractivity contribution in [1.82, 2.24) is 0 Å². The fraction of sp³-hybridized carbons (Fsp3) is 0.953. The van der Waals surface area contributed by atoms with Crippen molar-refractivity contribution in [3.63, 3.8) is 0 Å². The minimum atomic E-state index is -5.76. The second kappa shape index (κ2) is 44.1. The number of carbonyl (C=O) groups is 1. The SMILES string of the molecule is CCCCCCCCC/C=C\CCCCCCCC(=O)OC[C@@H](O)COP(=O)(O)O[C@@H]1C(O[C@@H]2OC(CO[C@@H]3OC(CO[C@@H]4OC(CO[C@@H]5OC(CO[C@@H]6OC(CO)[C@H](O)C(O)[C@@H]6O)[C@H](O)C(O)[C@@H]5O)[C@H](O)C(O)[C@@H]4O)[C@H](O)C(O)[C@@H]3O)[C@H](O)C(O)[C@@H]2O)C(O)[C@@H](O)C(O)[C@H]1O[C@H]1OC(CO)[C@@H](O)C(O)[C@H]1O. The van der Waals surface area contributed by atoms with Gasteiger partial charge in [-0.2, -0.15) is 0 Å². The van der Waals surface area contributed by atoms with Crippen LogP contribution < -0.4 is 0 Å². The largest absolute Gasteiger partial charge is 0.472 e. The topological polar surface area (TPSA) is 678 Å². The quantitative estimate of drug-likeness (QED) is 0.0117. The number of esters is 1. The summed E-state index contributed by atoms with van der Waals surface area (Å²) in [5.41, 5.74) is 0. The first-order valence-electron chi connectivity index (χ1n) is 36.1. The molecule has 0 amide bonds. The van der Waals surface area contributed by atoms with Gasteiger partial charge in [0.25, 0.3) is 0 Å². The molecule has 107 heavy (non-hydrogen) atoms. The van der Waals surface area contributed by atoms with E-state index in [0.29, 0.717) is 12.8 Å². The third-order valence-electron chi connectivity index (χ3n) is 19.7.